The maximum Gasteiger partial charge on any atom is 0.416 e. The van der Waals surface area contributed by atoms with Crippen molar-refractivity contribution in [2.24, 2.45) is 11.7 Å². The molecule has 0 amide bonds. The standard InChI is InChI=1S/C16H22F3N/c1-15(2,3)12-5-10(4-11-7-14(20)8-11)6-13(9-12)16(17,18)19/h5-6,9,11,14H,4,7-8,20H2,1-3H3/t11-,14+. The summed E-state index contributed by atoms with van der Waals surface area (Å²) in [7, 11) is 0. The molecule has 0 atom stereocenters. The van der Waals surface area contributed by atoms with Crippen LogP contribution in [-0.2, 0) is 18.0 Å². The minimum atomic E-state index is -4.29. The first-order valence-corrected chi connectivity index (χ1v) is 7.03. The lowest BCUT2D eigenvalue weighted by atomic mass is 9.76. The van der Waals surface area contributed by atoms with Gasteiger partial charge in [0.05, 0.1) is 5.56 Å². The van der Waals surface area contributed by atoms with E-state index >= 15 is 0 Å². The quantitative estimate of drug-likeness (QED) is 0.862. The van der Waals surface area contributed by atoms with Gasteiger partial charge in [0.25, 0.3) is 0 Å². The van der Waals surface area contributed by atoms with Crippen molar-refractivity contribution < 1.29 is 13.2 Å². The predicted molar refractivity (Wildman–Crippen MR) is 74.5 cm³/mol. The molecule has 2 N–H and O–H groups in total. The Hall–Kier alpha value is -1.03. The zero-order valence-corrected chi connectivity index (χ0v) is 12.2. The third kappa shape index (κ3) is 3.54. The Morgan fingerprint density at radius 1 is 1.05 bits per heavy atom. The first-order valence-electron chi connectivity index (χ1n) is 7.03. The molecule has 0 bridgehead atoms. The van der Waals surface area contributed by atoms with Gasteiger partial charge in [0.15, 0.2) is 0 Å². The van der Waals surface area contributed by atoms with Gasteiger partial charge in [0.2, 0.25) is 0 Å². The summed E-state index contributed by atoms with van der Waals surface area (Å²) in [5.74, 6) is 0.432. The lowest BCUT2D eigenvalue weighted by molar-refractivity contribution is -0.137. The van der Waals surface area contributed by atoms with Crippen LogP contribution in [-0.4, -0.2) is 6.04 Å². The Kier molecular flexibility index (Phi) is 3.89. The lowest BCUT2D eigenvalue weighted by Gasteiger charge is -2.33. The molecule has 1 aromatic rings. The third-order valence-corrected chi connectivity index (χ3v) is 3.98. The summed E-state index contributed by atoms with van der Waals surface area (Å²) in [6.07, 6.45) is -1.76. The minimum absolute atomic E-state index is 0.230. The van der Waals surface area contributed by atoms with Crippen molar-refractivity contribution in [3.8, 4) is 0 Å². The Morgan fingerprint density at radius 2 is 1.60 bits per heavy atom. The summed E-state index contributed by atoms with van der Waals surface area (Å²) < 4.78 is 39.0. The Balaban J connectivity index is 2.31. The van der Waals surface area contributed by atoms with E-state index < -0.39 is 11.7 Å². The van der Waals surface area contributed by atoms with Crippen LogP contribution in [0.3, 0.4) is 0 Å². The number of rotatable bonds is 2. The van der Waals surface area contributed by atoms with E-state index in [1.165, 1.54) is 12.1 Å². The molecule has 1 fully saturated rings. The van der Waals surface area contributed by atoms with Crippen molar-refractivity contribution in [3.63, 3.8) is 0 Å². The van der Waals surface area contributed by atoms with Crippen LogP contribution in [0.2, 0.25) is 0 Å². The summed E-state index contributed by atoms with van der Waals surface area (Å²) in [4.78, 5) is 0. The second-order valence-electron chi connectivity index (χ2n) is 6.97. The van der Waals surface area contributed by atoms with Crippen LogP contribution < -0.4 is 5.73 Å². The molecule has 20 heavy (non-hydrogen) atoms. The number of benzene rings is 1. The molecular weight excluding hydrogens is 263 g/mol. The molecule has 1 aliphatic rings. The molecule has 0 saturated heterocycles. The Bertz CT molecular complexity index is 447. The fourth-order valence-corrected chi connectivity index (χ4v) is 2.69. The van der Waals surface area contributed by atoms with Crippen LogP contribution in [0.4, 0.5) is 13.2 Å². The van der Waals surface area contributed by atoms with Crippen molar-refractivity contribution in [1.82, 2.24) is 0 Å². The lowest BCUT2D eigenvalue weighted by Crippen LogP contribution is -2.37. The molecule has 0 aliphatic heterocycles. The molecule has 1 nitrogen and oxygen atoms in total. The van der Waals surface area contributed by atoms with Gasteiger partial charge in [-0.3, -0.25) is 0 Å². The first kappa shape index (κ1) is 15.4. The summed E-state index contributed by atoms with van der Waals surface area (Å²) >= 11 is 0. The number of halogens is 3. The molecule has 1 aliphatic carbocycles. The van der Waals surface area contributed by atoms with E-state index in [0.29, 0.717) is 12.3 Å². The average molecular weight is 285 g/mol. The normalized spacial score (nSPS) is 23.6. The SMILES string of the molecule is CC(C)(C)c1cc(C[C@H]2C[C@@H](N)C2)cc(C(F)(F)F)c1. The molecule has 0 radical (unpaired) electrons. The summed E-state index contributed by atoms with van der Waals surface area (Å²) in [5, 5.41) is 0. The molecule has 1 saturated carbocycles. The number of hydrogen-bond donors (Lipinski definition) is 1. The minimum Gasteiger partial charge on any atom is -0.328 e. The van der Waals surface area contributed by atoms with Crippen molar-refractivity contribution in [2.75, 3.05) is 0 Å². The van der Waals surface area contributed by atoms with Crippen molar-refractivity contribution in [1.29, 1.82) is 0 Å². The van der Waals surface area contributed by atoms with Gasteiger partial charge < -0.3 is 5.73 Å². The van der Waals surface area contributed by atoms with E-state index in [-0.39, 0.29) is 11.5 Å². The van der Waals surface area contributed by atoms with Gasteiger partial charge in [-0.2, -0.15) is 13.2 Å². The largest absolute Gasteiger partial charge is 0.416 e. The van der Waals surface area contributed by atoms with E-state index in [2.05, 4.69) is 0 Å². The van der Waals surface area contributed by atoms with Crippen LogP contribution in [0.15, 0.2) is 18.2 Å². The Labute approximate surface area is 118 Å². The van der Waals surface area contributed by atoms with E-state index in [1.807, 2.05) is 26.8 Å². The molecule has 0 unspecified atom stereocenters. The topological polar surface area (TPSA) is 26.0 Å². The highest BCUT2D eigenvalue weighted by Gasteiger charge is 2.33. The van der Waals surface area contributed by atoms with Gasteiger partial charge in [-0.25, -0.2) is 0 Å². The number of alkyl halides is 3. The highest BCUT2D eigenvalue weighted by atomic mass is 19.4. The van der Waals surface area contributed by atoms with Crippen LogP contribution >= 0.6 is 0 Å². The molecule has 4 heteroatoms. The van der Waals surface area contributed by atoms with Gasteiger partial charge in [-0.05, 0) is 53.9 Å². The van der Waals surface area contributed by atoms with Crippen molar-refractivity contribution >= 4 is 0 Å². The molecule has 2 rings (SSSR count). The van der Waals surface area contributed by atoms with Crippen molar-refractivity contribution in [2.45, 2.75) is 57.7 Å². The van der Waals surface area contributed by atoms with E-state index in [0.717, 1.165) is 24.0 Å². The molecule has 0 spiro atoms. The smallest absolute Gasteiger partial charge is 0.328 e. The first-order chi connectivity index (χ1) is 9.05. The van der Waals surface area contributed by atoms with E-state index in [4.69, 9.17) is 5.73 Å². The zero-order valence-electron chi connectivity index (χ0n) is 12.2. The second kappa shape index (κ2) is 5.06. The highest BCUT2D eigenvalue weighted by molar-refractivity contribution is 5.36. The third-order valence-electron chi connectivity index (χ3n) is 3.98. The van der Waals surface area contributed by atoms with Gasteiger partial charge in [-0.1, -0.05) is 26.8 Å². The molecule has 0 aromatic heterocycles. The maximum absolute atomic E-state index is 13.0. The second-order valence-corrected chi connectivity index (χ2v) is 6.97. The van der Waals surface area contributed by atoms with Crippen molar-refractivity contribution in [3.05, 3.63) is 34.9 Å². The Morgan fingerprint density at radius 3 is 2.05 bits per heavy atom. The highest BCUT2D eigenvalue weighted by Crippen LogP contribution is 2.36. The fraction of sp³-hybridized carbons (Fsp3) is 0.625. The van der Waals surface area contributed by atoms with Crippen LogP contribution in [0.25, 0.3) is 0 Å². The van der Waals surface area contributed by atoms with Gasteiger partial charge in [-0.15, -0.1) is 0 Å². The zero-order chi connectivity index (χ0) is 15.1. The summed E-state index contributed by atoms with van der Waals surface area (Å²) in [5.41, 5.74) is 6.44. The van der Waals surface area contributed by atoms with Gasteiger partial charge >= 0.3 is 6.18 Å². The maximum atomic E-state index is 13.0. The fourth-order valence-electron chi connectivity index (χ4n) is 2.69. The van der Waals surface area contributed by atoms with Crippen LogP contribution in [0.5, 0.6) is 0 Å². The molecule has 0 heterocycles. The van der Waals surface area contributed by atoms with Gasteiger partial charge in [0, 0.05) is 6.04 Å². The van der Waals surface area contributed by atoms with E-state index in [1.54, 1.807) is 0 Å². The van der Waals surface area contributed by atoms with Gasteiger partial charge in [0.1, 0.15) is 0 Å². The van der Waals surface area contributed by atoms with Crippen LogP contribution in [0.1, 0.15) is 50.3 Å². The monoisotopic (exact) mass is 285 g/mol. The number of hydrogen-bond acceptors (Lipinski definition) is 1. The predicted octanol–water partition coefficient (Wildman–Crippen LogP) is 4.28. The molecule has 112 valence electrons. The average Bonchev–Trinajstić information content (AvgIpc) is 2.24. The number of nitrogens with two attached hydrogens (primary N) is 1. The van der Waals surface area contributed by atoms with Crippen LogP contribution in [0, 0.1) is 5.92 Å². The van der Waals surface area contributed by atoms with E-state index in [9.17, 15) is 13.2 Å². The summed E-state index contributed by atoms with van der Waals surface area (Å²) in [6.45, 7) is 5.81. The molecular formula is C16H22F3N. The molecule has 1 aromatic carbocycles. The summed E-state index contributed by atoms with van der Waals surface area (Å²) in [6, 6.07) is 4.71.